The molecule has 0 bridgehead atoms. The fourth-order valence-corrected chi connectivity index (χ4v) is 4.41. The van der Waals surface area contributed by atoms with Crippen molar-refractivity contribution >= 4 is 17.5 Å². The summed E-state index contributed by atoms with van der Waals surface area (Å²) in [7, 11) is 1.23. The summed E-state index contributed by atoms with van der Waals surface area (Å²) < 4.78 is 53.3. The Morgan fingerprint density at radius 3 is 2.62 bits per heavy atom. The van der Waals surface area contributed by atoms with Gasteiger partial charge in [0, 0.05) is 24.0 Å². The Hall–Kier alpha value is -2.95. The van der Waals surface area contributed by atoms with Gasteiger partial charge in [-0.2, -0.15) is 13.2 Å². The second-order valence-corrected chi connectivity index (χ2v) is 8.41. The zero-order chi connectivity index (χ0) is 23.0. The van der Waals surface area contributed by atoms with Crippen molar-refractivity contribution in [1.82, 2.24) is 19.3 Å². The molecule has 0 radical (unpaired) electrons. The quantitative estimate of drug-likeness (QED) is 0.403. The summed E-state index contributed by atoms with van der Waals surface area (Å²) in [5, 5.41) is 6.77. The number of carbonyl (C=O) groups excluding carboxylic acids is 1. The van der Waals surface area contributed by atoms with Crippen LogP contribution in [0.4, 0.5) is 13.2 Å². The number of aryl methyl sites for hydroxylation is 1. The highest BCUT2D eigenvalue weighted by Gasteiger charge is 2.37. The third-order valence-corrected chi connectivity index (χ3v) is 6.27. The fraction of sp³-hybridized carbons (Fsp3) is 0.381. The van der Waals surface area contributed by atoms with Gasteiger partial charge in [-0.05, 0) is 32.0 Å². The number of benzene rings is 1. The molecule has 1 aliphatic rings. The minimum absolute atomic E-state index is 0.0332. The van der Waals surface area contributed by atoms with Gasteiger partial charge in [0.1, 0.15) is 6.61 Å². The first-order valence-corrected chi connectivity index (χ1v) is 10.8. The number of halogens is 3. The zero-order valence-electron chi connectivity index (χ0n) is 17.6. The highest BCUT2D eigenvalue weighted by molar-refractivity contribution is 7.99. The maximum atomic E-state index is 12.9. The Balaban J connectivity index is 1.44. The summed E-state index contributed by atoms with van der Waals surface area (Å²) in [6.45, 7) is 4.63. The molecule has 0 spiro atoms. The lowest BCUT2D eigenvalue weighted by atomic mass is 10.2. The first-order chi connectivity index (χ1) is 15.1. The third kappa shape index (κ3) is 4.34. The Morgan fingerprint density at radius 2 is 1.94 bits per heavy atom. The molecule has 0 unspecified atom stereocenters. The van der Waals surface area contributed by atoms with Crippen LogP contribution >= 0.6 is 11.8 Å². The van der Waals surface area contributed by atoms with E-state index < -0.39 is 12.0 Å². The molecule has 3 aromatic rings. The molecule has 170 valence electrons. The van der Waals surface area contributed by atoms with Crippen molar-refractivity contribution in [3.8, 4) is 11.5 Å². The monoisotopic (exact) mass is 466 g/mol. The van der Waals surface area contributed by atoms with Gasteiger partial charge in [0.05, 0.1) is 12.3 Å². The number of alkyl halides is 3. The predicted molar refractivity (Wildman–Crippen MR) is 111 cm³/mol. The number of thioether (sulfide) groups is 1. The number of ketones is 1. The van der Waals surface area contributed by atoms with Gasteiger partial charge in [0.25, 0.3) is 0 Å². The van der Waals surface area contributed by atoms with Gasteiger partial charge < -0.3 is 18.6 Å². The van der Waals surface area contributed by atoms with Crippen LogP contribution < -0.4 is 9.47 Å². The van der Waals surface area contributed by atoms with Crippen LogP contribution in [0.3, 0.4) is 0 Å². The second kappa shape index (κ2) is 8.53. The van der Waals surface area contributed by atoms with E-state index >= 15 is 0 Å². The average Bonchev–Trinajstić information content (AvgIpc) is 3.26. The molecular weight excluding hydrogens is 445 g/mol. The van der Waals surface area contributed by atoms with Crippen molar-refractivity contribution in [2.45, 2.75) is 37.8 Å². The molecule has 0 saturated heterocycles. The van der Waals surface area contributed by atoms with Gasteiger partial charge in [-0.15, -0.1) is 10.2 Å². The van der Waals surface area contributed by atoms with Crippen molar-refractivity contribution in [2.75, 3.05) is 12.4 Å². The number of hydrogen-bond acceptors (Lipinski definition) is 6. The van der Waals surface area contributed by atoms with E-state index in [1.165, 1.54) is 7.05 Å². The van der Waals surface area contributed by atoms with E-state index in [4.69, 9.17) is 9.47 Å². The topological polar surface area (TPSA) is 71.2 Å². The lowest BCUT2D eigenvalue weighted by Crippen LogP contribution is -2.33. The van der Waals surface area contributed by atoms with E-state index in [0.717, 1.165) is 27.7 Å². The van der Waals surface area contributed by atoms with Gasteiger partial charge in [-0.1, -0.05) is 23.9 Å². The van der Waals surface area contributed by atoms with Crippen molar-refractivity contribution in [3.05, 3.63) is 53.1 Å². The largest absolute Gasteiger partial charge is 0.486 e. The Morgan fingerprint density at radius 1 is 1.22 bits per heavy atom. The number of ether oxygens (including phenoxy) is 2. The number of aromatic nitrogens is 4. The number of hydrogen-bond donors (Lipinski definition) is 0. The normalized spacial score (nSPS) is 15.8. The summed E-state index contributed by atoms with van der Waals surface area (Å²) >= 11 is 0.925. The molecule has 0 aliphatic carbocycles. The van der Waals surface area contributed by atoms with E-state index in [1.54, 1.807) is 6.07 Å². The summed E-state index contributed by atoms with van der Waals surface area (Å²) in [5.41, 5.74) is 2.17. The van der Waals surface area contributed by atoms with E-state index in [-0.39, 0.29) is 22.8 Å². The first kappa shape index (κ1) is 22.3. The molecule has 7 nitrogen and oxygen atoms in total. The van der Waals surface area contributed by atoms with Crippen molar-refractivity contribution in [2.24, 2.45) is 7.05 Å². The molecule has 0 amide bonds. The van der Waals surface area contributed by atoms with Gasteiger partial charge in [-0.25, -0.2) is 0 Å². The molecule has 0 fully saturated rings. The number of carbonyl (C=O) groups is 1. The molecule has 0 N–H and O–H groups in total. The molecule has 1 atom stereocenters. The Kier molecular flexibility index (Phi) is 5.93. The summed E-state index contributed by atoms with van der Waals surface area (Å²) in [5.74, 6) is 0.0414. The van der Waals surface area contributed by atoms with Crippen LogP contribution in [0.15, 0.2) is 35.5 Å². The number of rotatable bonds is 6. The van der Waals surface area contributed by atoms with E-state index in [2.05, 4.69) is 10.2 Å². The minimum Gasteiger partial charge on any atom is -0.486 e. The summed E-state index contributed by atoms with van der Waals surface area (Å²) in [6.07, 6.45) is -4.81. The Labute approximate surface area is 186 Å². The average molecular weight is 466 g/mol. The van der Waals surface area contributed by atoms with Crippen LogP contribution in [-0.2, 0) is 19.8 Å². The van der Waals surface area contributed by atoms with E-state index in [1.807, 2.05) is 42.7 Å². The van der Waals surface area contributed by atoms with Crippen LogP contribution in [0.1, 0.15) is 27.6 Å². The Bertz CT molecular complexity index is 1160. The third-order valence-electron chi connectivity index (χ3n) is 5.25. The lowest BCUT2D eigenvalue weighted by molar-refractivity contribution is -0.147. The van der Waals surface area contributed by atoms with Crippen molar-refractivity contribution in [1.29, 1.82) is 0 Å². The van der Waals surface area contributed by atoms with E-state index in [0.29, 0.717) is 30.2 Å². The standard InChI is InChI=1S/C21H21F3N4O3S/c1-12-8-15(16(29)11-32-20-26-25-19(27(20)3)21(22,23)24)13(2)28(12)9-14-10-30-17-6-4-5-7-18(17)31-14/h4-8,14H,9-11H2,1-3H3/t14-/m1/s1. The predicted octanol–water partition coefficient (Wildman–Crippen LogP) is 4.07. The molecule has 11 heteroatoms. The maximum Gasteiger partial charge on any atom is 0.451 e. The molecule has 2 aromatic heterocycles. The van der Waals surface area contributed by atoms with Gasteiger partial charge in [0.2, 0.25) is 5.82 Å². The number of Topliss-reactive ketones (excluding diaryl/α,β-unsaturated/α-hetero) is 1. The molecular formula is C21H21F3N4O3S. The second-order valence-electron chi connectivity index (χ2n) is 7.47. The summed E-state index contributed by atoms with van der Waals surface area (Å²) in [4.78, 5) is 12.8. The maximum absolute atomic E-state index is 12.9. The van der Waals surface area contributed by atoms with Crippen LogP contribution in [-0.4, -0.2) is 43.6 Å². The molecule has 4 rings (SSSR count). The summed E-state index contributed by atoms with van der Waals surface area (Å²) in [6, 6.07) is 9.23. The molecule has 3 heterocycles. The van der Waals surface area contributed by atoms with Crippen molar-refractivity contribution < 1.29 is 27.4 Å². The first-order valence-electron chi connectivity index (χ1n) is 9.83. The molecule has 1 aromatic carbocycles. The zero-order valence-corrected chi connectivity index (χ0v) is 18.5. The highest BCUT2D eigenvalue weighted by Crippen LogP contribution is 2.32. The minimum atomic E-state index is -4.60. The number of nitrogens with zero attached hydrogens (tertiary/aromatic N) is 4. The molecule has 32 heavy (non-hydrogen) atoms. The molecule has 0 saturated carbocycles. The SMILES string of the molecule is Cc1cc(C(=O)CSc2nnc(C(F)(F)F)n2C)c(C)n1C[C@@H]1COc2ccccc2O1. The van der Waals surface area contributed by atoms with Crippen LogP contribution in [0.2, 0.25) is 0 Å². The van der Waals surface area contributed by atoms with Gasteiger partial charge >= 0.3 is 6.18 Å². The van der Waals surface area contributed by atoms with Crippen LogP contribution in [0.5, 0.6) is 11.5 Å². The van der Waals surface area contributed by atoms with Gasteiger partial charge in [-0.3, -0.25) is 4.79 Å². The number of fused-ring (bicyclic) bond motifs is 1. The highest BCUT2D eigenvalue weighted by atomic mass is 32.2. The lowest BCUT2D eigenvalue weighted by Gasteiger charge is -2.27. The van der Waals surface area contributed by atoms with Crippen LogP contribution in [0, 0.1) is 13.8 Å². The molecule has 1 aliphatic heterocycles. The smallest absolute Gasteiger partial charge is 0.451 e. The fourth-order valence-electron chi connectivity index (χ4n) is 3.62. The number of para-hydroxylation sites is 2. The van der Waals surface area contributed by atoms with Gasteiger partial charge in [0.15, 0.2) is 28.5 Å². The van der Waals surface area contributed by atoms with Crippen LogP contribution in [0.25, 0.3) is 0 Å². The van der Waals surface area contributed by atoms with Crippen molar-refractivity contribution in [3.63, 3.8) is 0 Å². The van der Waals surface area contributed by atoms with E-state index in [9.17, 15) is 18.0 Å².